The van der Waals surface area contributed by atoms with Crippen molar-refractivity contribution < 1.29 is 9.59 Å². The molecule has 1 heterocycles. The van der Waals surface area contributed by atoms with E-state index in [2.05, 4.69) is 34.9 Å². The first-order valence-electron chi connectivity index (χ1n) is 9.80. The lowest BCUT2D eigenvalue weighted by atomic mass is 10.0. The van der Waals surface area contributed by atoms with Crippen molar-refractivity contribution in [1.82, 2.24) is 10.6 Å². The molecule has 1 unspecified atom stereocenters. The van der Waals surface area contributed by atoms with E-state index in [-0.39, 0.29) is 17.9 Å². The van der Waals surface area contributed by atoms with Gasteiger partial charge in [-0.1, -0.05) is 54.6 Å². The van der Waals surface area contributed by atoms with Crippen molar-refractivity contribution in [2.45, 2.75) is 19.5 Å². The van der Waals surface area contributed by atoms with Gasteiger partial charge in [0.25, 0.3) is 11.8 Å². The smallest absolute Gasteiger partial charge is 0.261 e. The Balaban J connectivity index is 1.36. The number of amides is 2. The van der Waals surface area contributed by atoms with Crippen molar-refractivity contribution in [3.8, 4) is 0 Å². The predicted octanol–water partition coefficient (Wildman–Crippen LogP) is 5.32. The number of thiophene rings is 1. The van der Waals surface area contributed by atoms with Gasteiger partial charge in [-0.15, -0.1) is 11.3 Å². The molecular formula is C25H22N2O2S. The molecule has 0 fully saturated rings. The molecular weight excluding hydrogens is 392 g/mol. The normalized spacial score (nSPS) is 11.8. The fourth-order valence-corrected chi connectivity index (χ4v) is 3.93. The van der Waals surface area contributed by atoms with Crippen LogP contribution in [-0.2, 0) is 6.54 Å². The summed E-state index contributed by atoms with van der Waals surface area (Å²) in [6.45, 7) is 2.41. The minimum Gasteiger partial charge on any atom is -0.347 e. The molecule has 0 spiro atoms. The van der Waals surface area contributed by atoms with Crippen LogP contribution < -0.4 is 10.6 Å². The monoisotopic (exact) mass is 414 g/mol. The van der Waals surface area contributed by atoms with E-state index < -0.39 is 0 Å². The lowest BCUT2D eigenvalue weighted by molar-refractivity contribution is 0.0935. The summed E-state index contributed by atoms with van der Waals surface area (Å²) in [4.78, 5) is 25.4. The zero-order valence-corrected chi connectivity index (χ0v) is 17.4. The fourth-order valence-electron chi connectivity index (χ4n) is 3.29. The molecule has 1 aromatic heterocycles. The highest BCUT2D eigenvalue weighted by Gasteiger charge is 2.12. The number of rotatable bonds is 6. The van der Waals surface area contributed by atoms with Gasteiger partial charge in [0.2, 0.25) is 0 Å². The molecule has 0 bridgehead atoms. The molecule has 4 rings (SSSR count). The zero-order valence-electron chi connectivity index (χ0n) is 16.6. The molecule has 5 heteroatoms. The average Bonchev–Trinajstić information content (AvgIpc) is 3.32. The Bertz CT molecular complexity index is 1170. The van der Waals surface area contributed by atoms with Crippen LogP contribution in [-0.4, -0.2) is 11.8 Å². The Morgan fingerprint density at radius 1 is 0.867 bits per heavy atom. The Morgan fingerprint density at radius 2 is 1.63 bits per heavy atom. The average molecular weight is 415 g/mol. The maximum absolute atomic E-state index is 12.6. The van der Waals surface area contributed by atoms with Gasteiger partial charge in [0, 0.05) is 12.1 Å². The molecule has 3 aromatic carbocycles. The highest BCUT2D eigenvalue weighted by atomic mass is 32.1. The summed E-state index contributed by atoms with van der Waals surface area (Å²) in [6.07, 6.45) is 0. The largest absolute Gasteiger partial charge is 0.347 e. The number of carbonyl (C=O) groups is 2. The molecule has 0 aliphatic rings. The van der Waals surface area contributed by atoms with E-state index in [0.29, 0.717) is 17.0 Å². The summed E-state index contributed by atoms with van der Waals surface area (Å²) in [7, 11) is 0. The van der Waals surface area contributed by atoms with E-state index in [1.54, 1.807) is 18.2 Å². The maximum atomic E-state index is 12.6. The minimum atomic E-state index is -0.121. The van der Waals surface area contributed by atoms with E-state index in [4.69, 9.17) is 0 Å². The van der Waals surface area contributed by atoms with Crippen LogP contribution in [0.25, 0.3) is 10.8 Å². The summed E-state index contributed by atoms with van der Waals surface area (Å²) in [6, 6.07) is 25.3. The van der Waals surface area contributed by atoms with Crippen LogP contribution in [0.3, 0.4) is 0 Å². The number of carbonyl (C=O) groups excluding carboxylic acids is 2. The van der Waals surface area contributed by atoms with Crippen molar-refractivity contribution in [3.63, 3.8) is 0 Å². The molecule has 0 aliphatic heterocycles. The van der Waals surface area contributed by atoms with Gasteiger partial charge in [0.05, 0.1) is 10.9 Å². The summed E-state index contributed by atoms with van der Waals surface area (Å²) < 4.78 is 0. The van der Waals surface area contributed by atoms with Crippen LogP contribution in [0.4, 0.5) is 0 Å². The maximum Gasteiger partial charge on any atom is 0.261 e. The SMILES string of the molecule is CC(NC(=O)c1ccc(CNC(=O)c2cccs2)cc1)c1ccc2ccccc2c1. The molecule has 0 saturated carbocycles. The second kappa shape index (κ2) is 8.93. The number of fused-ring (bicyclic) bond motifs is 1. The fraction of sp³-hybridized carbons (Fsp3) is 0.120. The summed E-state index contributed by atoms with van der Waals surface area (Å²) in [5.74, 6) is -0.208. The first-order chi connectivity index (χ1) is 14.6. The molecule has 0 saturated heterocycles. The summed E-state index contributed by atoms with van der Waals surface area (Å²) in [5.41, 5.74) is 2.60. The van der Waals surface area contributed by atoms with Crippen LogP contribution >= 0.6 is 11.3 Å². The Kier molecular flexibility index (Phi) is 5.91. The quantitative estimate of drug-likeness (QED) is 0.448. The molecule has 150 valence electrons. The minimum absolute atomic E-state index is 0.0870. The second-order valence-electron chi connectivity index (χ2n) is 7.16. The lowest BCUT2D eigenvalue weighted by Crippen LogP contribution is -2.26. The number of hydrogen-bond donors (Lipinski definition) is 2. The van der Waals surface area contributed by atoms with Gasteiger partial charge in [-0.2, -0.15) is 0 Å². The van der Waals surface area contributed by atoms with Crippen molar-refractivity contribution in [3.05, 3.63) is 106 Å². The predicted molar refractivity (Wildman–Crippen MR) is 122 cm³/mol. The van der Waals surface area contributed by atoms with Crippen LogP contribution in [0.1, 0.15) is 44.1 Å². The van der Waals surface area contributed by atoms with Crippen LogP contribution in [0.5, 0.6) is 0 Å². The van der Waals surface area contributed by atoms with Gasteiger partial charge in [0.1, 0.15) is 0 Å². The highest BCUT2D eigenvalue weighted by Crippen LogP contribution is 2.20. The van der Waals surface area contributed by atoms with Crippen molar-refractivity contribution in [2.75, 3.05) is 0 Å². The van der Waals surface area contributed by atoms with Gasteiger partial charge < -0.3 is 10.6 Å². The highest BCUT2D eigenvalue weighted by molar-refractivity contribution is 7.12. The molecule has 0 aliphatic carbocycles. The van der Waals surface area contributed by atoms with Gasteiger partial charge in [-0.25, -0.2) is 0 Å². The summed E-state index contributed by atoms with van der Waals surface area (Å²) in [5, 5.41) is 10.2. The Hall–Kier alpha value is -3.44. The molecule has 4 nitrogen and oxygen atoms in total. The van der Waals surface area contributed by atoms with Gasteiger partial charge in [-0.3, -0.25) is 9.59 Å². The Labute approximate surface area is 179 Å². The van der Waals surface area contributed by atoms with Crippen molar-refractivity contribution >= 4 is 33.9 Å². The van der Waals surface area contributed by atoms with Crippen molar-refractivity contribution in [2.24, 2.45) is 0 Å². The van der Waals surface area contributed by atoms with Gasteiger partial charge in [0.15, 0.2) is 0 Å². The molecule has 2 amide bonds. The third-order valence-corrected chi connectivity index (χ3v) is 5.90. The first kappa shape index (κ1) is 19.9. The third kappa shape index (κ3) is 4.58. The van der Waals surface area contributed by atoms with Crippen LogP contribution in [0.2, 0.25) is 0 Å². The summed E-state index contributed by atoms with van der Waals surface area (Å²) >= 11 is 1.41. The van der Waals surface area contributed by atoms with E-state index in [9.17, 15) is 9.59 Å². The number of nitrogens with one attached hydrogen (secondary N) is 2. The van der Waals surface area contributed by atoms with E-state index in [1.165, 1.54) is 16.7 Å². The number of benzene rings is 3. The third-order valence-electron chi connectivity index (χ3n) is 5.04. The van der Waals surface area contributed by atoms with Crippen LogP contribution in [0, 0.1) is 0 Å². The molecule has 0 radical (unpaired) electrons. The van der Waals surface area contributed by atoms with Gasteiger partial charge >= 0.3 is 0 Å². The molecule has 4 aromatic rings. The number of hydrogen-bond acceptors (Lipinski definition) is 3. The van der Waals surface area contributed by atoms with E-state index in [0.717, 1.165) is 16.5 Å². The standard InChI is InChI=1S/C25H22N2O2S/c1-17(21-13-12-19-5-2-3-6-22(19)15-21)27-24(28)20-10-8-18(9-11-20)16-26-25(29)23-7-4-14-30-23/h2-15,17H,16H2,1H3,(H,26,29)(H,27,28). The molecule has 2 N–H and O–H groups in total. The topological polar surface area (TPSA) is 58.2 Å². The van der Waals surface area contributed by atoms with E-state index >= 15 is 0 Å². The van der Waals surface area contributed by atoms with Crippen LogP contribution in [0.15, 0.2) is 84.2 Å². The van der Waals surface area contributed by atoms with Crippen molar-refractivity contribution in [1.29, 1.82) is 0 Å². The Morgan fingerprint density at radius 3 is 2.37 bits per heavy atom. The molecule has 1 atom stereocenters. The molecule has 30 heavy (non-hydrogen) atoms. The lowest BCUT2D eigenvalue weighted by Gasteiger charge is -2.15. The second-order valence-corrected chi connectivity index (χ2v) is 8.11. The zero-order chi connectivity index (χ0) is 20.9. The van der Waals surface area contributed by atoms with Gasteiger partial charge in [-0.05, 0) is 58.5 Å². The first-order valence-corrected chi connectivity index (χ1v) is 10.7. The van der Waals surface area contributed by atoms with E-state index in [1.807, 2.05) is 48.7 Å².